The standard InChI is InChI=1S/C22H27N3O4S/c1-18(26)14-25-16-22(17-29-20-4-2-3-5-21(20)30(25,27)28)8-12-24(13-9-22)15-19-6-10-23-11-7-19/h2-7,10-11H,8-9,12-17H2,1H3. The molecule has 1 spiro atoms. The van der Waals surface area contributed by atoms with E-state index in [4.69, 9.17) is 4.74 Å². The van der Waals surface area contributed by atoms with E-state index in [9.17, 15) is 13.2 Å². The number of benzene rings is 1. The number of hydrogen-bond acceptors (Lipinski definition) is 6. The molecule has 0 unspecified atom stereocenters. The summed E-state index contributed by atoms with van der Waals surface area (Å²) in [5, 5.41) is 0. The molecule has 0 radical (unpaired) electrons. The van der Waals surface area contributed by atoms with Crippen molar-refractivity contribution in [3.8, 4) is 5.75 Å². The molecule has 30 heavy (non-hydrogen) atoms. The lowest BCUT2D eigenvalue weighted by Crippen LogP contribution is -2.52. The van der Waals surface area contributed by atoms with Crippen LogP contribution in [0.4, 0.5) is 0 Å². The van der Waals surface area contributed by atoms with Crippen LogP contribution in [0.5, 0.6) is 5.75 Å². The number of aromatic nitrogens is 1. The lowest BCUT2D eigenvalue weighted by molar-refractivity contribution is -0.117. The number of nitrogens with zero attached hydrogens (tertiary/aromatic N) is 3. The Bertz CT molecular complexity index is 1000. The Morgan fingerprint density at radius 3 is 2.53 bits per heavy atom. The number of piperidine rings is 1. The number of pyridine rings is 1. The second kappa shape index (κ2) is 8.45. The molecule has 1 saturated heterocycles. The zero-order chi connectivity index (χ0) is 21.2. The van der Waals surface area contributed by atoms with Crippen molar-refractivity contribution in [2.45, 2.75) is 31.2 Å². The van der Waals surface area contributed by atoms with E-state index in [1.54, 1.807) is 36.7 Å². The van der Waals surface area contributed by atoms with Crippen LogP contribution in [-0.2, 0) is 21.4 Å². The minimum Gasteiger partial charge on any atom is -0.492 e. The molecule has 0 saturated carbocycles. The van der Waals surface area contributed by atoms with Crippen LogP contribution in [0.1, 0.15) is 25.3 Å². The van der Waals surface area contributed by atoms with Crippen LogP contribution in [0.15, 0.2) is 53.7 Å². The Labute approximate surface area is 177 Å². The first-order valence-electron chi connectivity index (χ1n) is 10.2. The maximum Gasteiger partial charge on any atom is 0.247 e. The van der Waals surface area contributed by atoms with Gasteiger partial charge < -0.3 is 4.74 Å². The van der Waals surface area contributed by atoms with E-state index in [0.29, 0.717) is 18.9 Å². The summed E-state index contributed by atoms with van der Waals surface area (Å²) < 4.78 is 34.0. The summed E-state index contributed by atoms with van der Waals surface area (Å²) in [4.78, 5) is 18.5. The van der Waals surface area contributed by atoms with Crippen LogP contribution in [0, 0.1) is 5.41 Å². The number of likely N-dealkylation sites (tertiary alicyclic amines) is 1. The molecule has 2 aliphatic heterocycles. The Kier molecular flexibility index (Phi) is 5.90. The van der Waals surface area contributed by atoms with Gasteiger partial charge in [-0.25, -0.2) is 8.42 Å². The van der Waals surface area contributed by atoms with E-state index in [1.165, 1.54) is 16.8 Å². The van der Waals surface area contributed by atoms with Gasteiger partial charge in [0.05, 0.1) is 13.2 Å². The van der Waals surface area contributed by atoms with Gasteiger partial charge >= 0.3 is 0 Å². The molecule has 1 fully saturated rings. The number of carbonyl (C=O) groups is 1. The first-order valence-corrected chi connectivity index (χ1v) is 11.6. The first-order chi connectivity index (χ1) is 14.4. The molecule has 4 rings (SSSR count). The van der Waals surface area contributed by atoms with Gasteiger partial charge in [0, 0.05) is 30.9 Å². The fraction of sp³-hybridized carbons (Fsp3) is 0.455. The highest BCUT2D eigenvalue weighted by Gasteiger charge is 2.43. The highest BCUT2D eigenvalue weighted by atomic mass is 32.2. The number of rotatable bonds is 4. The minimum atomic E-state index is -3.81. The maximum absolute atomic E-state index is 13.3. The second-order valence-corrected chi connectivity index (χ2v) is 10.2. The number of ether oxygens (including phenoxy) is 1. The van der Waals surface area contributed by atoms with Crippen molar-refractivity contribution in [2.75, 3.05) is 32.8 Å². The average molecular weight is 430 g/mol. The molecule has 0 N–H and O–H groups in total. The van der Waals surface area contributed by atoms with Gasteiger partial charge in [0.15, 0.2) is 0 Å². The molecule has 1 aromatic carbocycles. The zero-order valence-corrected chi connectivity index (χ0v) is 18.0. The van der Waals surface area contributed by atoms with Gasteiger partial charge in [-0.15, -0.1) is 0 Å². The number of ketones is 1. The molecule has 160 valence electrons. The smallest absolute Gasteiger partial charge is 0.247 e. The predicted molar refractivity (Wildman–Crippen MR) is 113 cm³/mol. The Hall–Kier alpha value is -2.29. The van der Waals surface area contributed by atoms with Crippen molar-refractivity contribution in [2.24, 2.45) is 5.41 Å². The van der Waals surface area contributed by atoms with E-state index in [2.05, 4.69) is 9.88 Å². The van der Waals surface area contributed by atoms with Crippen molar-refractivity contribution in [3.05, 3.63) is 54.4 Å². The summed E-state index contributed by atoms with van der Waals surface area (Å²) in [5.41, 5.74) is 0.898. The molecule has 7 nitrogen and oxygen atoms in total. The monoisotopic (exact) mass is 429 g/mol. The quantitative estimate of drug-likeness (QED) is 0.742. The molecule has 2 aliphatic rings. The maximum atomic E-state index is 13.3. The molecule has 0 amide bonds. The third kappa shape index (κ3) is 4.40. The molecule has 8 heteroatoms. The van der Waals surface area contributed by atoms with Crippen molar-refractivity contribution < 1.29 is 17.9 Å². The van der Waals surface area contributed by atoms with Crippen LogP contribution in [0.25, 0.3) is 0 Å². The van der Waals surface area contributed by atoms with Gasteiger partial charge in [0.1, 0.15) is 16.4 Å². The molecule has 2 aromatic rings. The largest absolute Gasteiger partial charge is 0.492 e. The number of sulfonamides is 1. The summed E-state index contributed by atoms with van der Waals surface area (Å²) in [6.45, 7) is 4.60. The van der Waals surface area contributed by atoms with Crippen molar-refractivity contribution in [3.63, 3.8) is 0 Å². The summed E-state index contributed by atoms with van der Waals surface area (Å²) in [5.74, 6) is 0.201. The summed E-state index contributed by atoms with van der Waals surface area (Å²) in [6, 6.07) is 10.7. The van der Waals surface area contributed by atoms with Gasteiger partial charge in [0.25, 0.3) is 0 Å². The van der Waals surface area contributed by atoms with Crippen LogP contribution in [-0.4, -0.2) is 61.2 Å². The third-order valence-electron chi connectivity index (χ3n) is 5.98. The van der Waals surface area contributed by atoms with E-state index < -0.39 is 10.0 Å². The van der Waals surface area contributed by atoms with Crippen molar-refractivity contribution in [1.29, 1.82) is 0 Å². The number of hydrogen-bond donors (Lipinski definition) is 0. The molecule has 0 atom stereocenters. The predicted octanol–water partition coefficient (Wildman–Crippen LogP) is 2.34. The topological polar surface area (TPSA) is 79.8 Å². The van der Waals surface area contributed by atoms with Crippen molar-refractivity contribution in [1.82, 2.24) is 14.2 Å². The second-order valence-electron chi connectivity index (χ2n) is 8.34. The van der Waals surface area contributed by atoms with Crippen LogP contribution in [0.2, 0.25) is 0 Å². The lowest BCUT2D eigenvalue weighted by Gasteiger charge is -2.44. The van der Waals surface area contributed by atoms with Gasteiger partial charge in [-0.05, 0) is 62.7 Å². The van der Waals surface area contributed by atoms with E-state index in [-0.39, 0.29) is 22.6 Å². The highest BCUT2D eigenvalue weighted by molar-refractivity contribution is 7.89. The molecule has 1 aromatic heterocycles. The Morgan fingerprint density at radius 2 is 1.83 bits per heavy atom. The minimum absolute atomic E-state index is 0.112. The van der Waals surface area contributed by atoms with Crippen LogP contribution in [0.3, 0.4) is 0 Å². The molecular formula is C22H27N3O4S. The molecule has 0 bridgehead atoms. The summed E-state index contributed by atoms with van der Waals surface area (Å²) in [7, 11) is -3.81. The lowest BCUT2D eigenvalue weighted by atomic mass is 9.78. The van der Waals surface area contributed by atoms with Crippen LogP contribution < -0.4 is 4.74 Å². The Morgan fingerprint density at radius 1 is 1.13 bits per heavy atom. The highest BCUT2D eigenvalue weighted by Crippen LogP contribution is 2.39. The number of fused-ring (bicyclic) bond motifs is 1. The number of carbonyl (C=O) groups excluding carboxylic acids is 1. The fourth-order valence-electron chi connectivity index (χ4n) is 4.28. The summed E-state index contributed by atoms with van der Waals surface area (Å²) >= 11 is 0. The van der Waals surface area contributed by atoms with E-state index in [0.717, 1.165) is 32.5 Å². The first kappa shape index (κ1) is 21.0. The van der Waals surface area contributed by atoms with Gasteiger partial charge in [-0.2, -0.15) is 4.31 Å². The number of para-hydroxylation sites is 1. The van der Waals surface area contributed by atoms with Crippen molar-refractivity contribution >= 4 is 15.8 Å². The van der Waals surface area contributed by atoms with Crippen LogP contribution >= 0.6 is 0 Å². The molecule has 3 heterocycles. The van der Waals surface area contributed by atoms with Gasteiger partial charge in [-0.1, -0.05) is 12.1 Å². The SMILES string of the molecule is CC(=O)CN1CC2(CCN(Cc3ccncc3)CC2)COc2ccccc2S1(=O)=O. The van der Waals surface area contributed by atoms with Gasteiger partial charge in [0.2, 0.25) is 10.0 Å². The van der Waals surface area contributed by atoms with E-state index >= 15 is 0 Å². The fourth-order valence-corrected chi connectivity index (χ4v) is 5.99. The molecular weight excluding hydrogens is 402 g/mol. The summed E-state index contributed by atoms with van der Waals surface area (Å²) in [6.07, 6.45) is 5.21. The molecule has 0 aliphatic carbocycles. The zero-order valence-electron chi connectivity index (χ0n) is 17.2. The number of Topliss-reactive ketones (excluding diaryl/α,β-unsaturated/α-hetero) is 1. The average Bonchev–Trinajstić information content (AvgIpc) is 2.73. The van der Waals surface area contributed by atoms with Gasteiger partial charge in [-0.3, -0.25) is 14.7 Å². The Balaban J connectivity index is 1.57. The van der Waals surface area contributed by atoms with E-state index in [1.807, 2.05) is 12.1 Å². The third-order valence-corrected chi connectivity index (χ3v) is 7.81. The normalized spacial score (nSPS) is 21.2.